The number of rotatable bonds is 10. The van der Waals surface area contributed by atoms with Crippen LogP contribution in [-0.4, -0.2) is 37.1 Å². The van der Waals surface area contributed by atoms with Crippen LogP contribution < -0.4 is 14.2 Å². The van der Waals surface area contributed by atoms with Gasteiger partial charge in [0.2, 0.25) is 16.0 Å². The van der Waals surface area contributed by atoms with Crippen molar-refractivity contribution in [3.63, 3.8) is 0 Å². The molecule has 0 aliphatic carbocycles. The van der Waals surface area contributed by atoms with Gasteiger partial charge in [0.15, 0.2) is 5.75 Å². The Morgan fingerprint density at radius 3 is 2.24 bits per heavy atom. The van der Waals surface area contributed by atoms with Gasteiger partial charge in [-0.1, -0.05) is 49.2 Å². The van der Waals surface area contributed by atoms with Gasteiger partial charge >= 0.3 is 0 Å². The highest BCUT2D eigenvalue weighted by molar-refractivity contribution is 7.91. The minimum absolute atomic E-state index is 0.00269. The average Bonchev–Trinajstić information content (AvgIpc) is 2.76. The Labute approximate surface area is 214 Å². The first-order valence-electron chi connectivity index (χ1n) is 10.2. The second-order valence-corrected chi connectivity index (χ2v) is 10.9. The van der Waals surface area contributed by atoms with Gasteiger partial charge in [-0.3, -0.25) is 4.72 Å². The Balaban J connectivity index is 1.72. The summed E-state index contributed by atoms with van der Waals surface area (Å²) in [5.74, 6) is 1.39. The van der Waals surface area contributed by atoms with E-state index in [0.717, 1.165) is 17.4 Å². The van der Waals surface area contributed by atoms with Gasteiger partial charge < -0.3 is 9.47 Å². The minimum Gasteiger partial charge on any atom is -0.489 e. The van der Waals surface area contributed by atoms with Crippen LogP contribution in [0.2, 0.25) is 10.0 Å². The highest BCUT2D eigenvalue weighted by atomic mass is 35.5. The molecular weight excluding hydrogens is 521 g/mol. The van der Waals surface area contributed by atoms with E-state index in [1.807, 2.05) is 36.4 Å². The fraction of sp³-hybridized carbons (Fsp3) is 0.304. The van der Waals surface area contributed by atoms with E-state index >= 15 is 0 Å². The molecule has 0 atom stereocenters. The molecule has 1 heterocycles. The zero-order valence-corrected chi connectivity index (χ0v) is 21.9. The van der Waals surface area contributed by atoms with Crippen molar-refractivity contribution in [3.8, 4) is 11.5 Å². The average molecular weight is 545 g/mol. The summed E-state index contributed by atoms with van der Waals surface area (Å²) in [7, 11) is -3.46. The van der Waals surface area contributed by atoms with Crippen molar-refractivity contribution in [1.82, 2.24) is 9.97 Å². The maximum absolute atomic E-state index is 11.4. The summed E-state index contributed by atoms with van der Waals surface area (Å²) >= 11 is 18.5. The Hall–Kier alpha value is -2.26. The van der Waals surface area contributed by atoms with Crippen LogP contribution in [0.1, 0.15) is 30.7 Å². The van der Waals surface area contributed by atoms with Gasteiger partial charge in [-0.2, -0.15) is 0 Å². The minimum atomic E-state index is -3.46. The molecule has 0 radical (unpaired) electrons. The van der Waals surface area contributed by atoms with E-state index in [1.165, 1.54) is 6.20 Å². The van der Waals surface area contributed by atoms with E-state index in [-0.39, 0.29) is 12.6 Å². The molecule has 1 N–H and O–H groups in total. The van der Waals surface area contributed by atoms with E-state index in [1.54, 1.807) is 6.07 Å². The van der Waals surface area contributed by atoms with Crippen LogP contribution in [0.5, 0.6) is 11.5 Å². The number of sulfonamides is 1. The molecule has 0 bridgehead atoms. The van der Waals surface area contributed by atoms with Crippen LogP contribution in [0, 0.1) is 0 Å². The first-order valence-corrected chi connectivity index (χ1v) is 13.4. The second-order valence-electron chi connectivity index (χ2n) is 7.99. The molecule has 1 aromatic heterocycles. The third-order valence-electron chi connectivity index (χ3n) is 5.00. The van der Waals surface area contributed by atoms with Gasteiger partial charge in [0.25, 0.3) is 0 Å². The molecule has 0 saturated heterocycles. The van der Waals surface area contributed by atoms with E-state index in [4.69, 9.17) is 44.3 Å². The summed E-state index contributed by atoms with van der Waals surface area (Å²) in [5.41, 5.74) is 2.10. The zero-order chi connectivity index (χ0) is 24.9. The summed E-state index contributed by atoms with van der Waals surface area (Å²) in [6.45, 7) is 4.61. The largest absolute Gasteiger partial charge is 0.489 e. The molecule has 0 fully saturated rings. The summed E-state index contributed by atoms with van der Waals surface area (Å²) in [6, 6.07) is 13.0. The summed E-state index contributed by atoms with van der Waals surface area (Å²) in [4.78, 5) is 8.03. The Bertz CT molecular complexity index is 1230. The molecular formula is C23H24Cl3N3O4S. The molecule has 34 heavy (non-hydrogen) atoms. The first-order chi connectivity index (χ1) is 16.0. The lowest BCUT2D eigenvalue weighted by atomic mass is 9.78. The molecule has 0 aliphatic heterocycles. The topological polar surface area (TPSA) is 90.4 Å². The number of alkyl halides is 1. The van der Waals surface area contributed by atoms with E-state index in [0.29, 0.717) is 39.7 Å². The Morgan fingerprint density at radius 1 is 1.00 bits per heavy atom. The van der Waals surface area contributed by atoms with Crippen molar-refractivity contribution in [2.45, 2.75) is 25.9 Å². The van der Waals surface area contributed by atoms with Crippen LogP contribution in [0.15, 0.2) is 48.7 Å². The highest BCUT2D eigenvalue weighted by Gasteiger charge is 2.25. The fourth-order valence-corrected chi connectivity index (χ4v) is 4.29. The molecule has 0 aliphatic rings. The molecule has 3 aromatic rings. The van der Waals surface area contributed by atoms with E-state index < -0.39 is 15.4 Å². The number of aromatic nitrogens is 2. The number of anilines is 1. The number of nitrogens with one attached hydrogen (secondary N) is 1. The number of hydrogen-bond acceptors (Lipinski definition) is 6. The van der Waals surface area contributed by atoms with Gasteiger partial charge in [-0.25, -0.2) is 18.4 Å². The zero-order valence-electron chi connectivity index (χ0n) is 18.8. The molecule has 7 nitrogen and oxygen atoms in total. The summed E-state index contributed by atoms with van der Waals surface area (Å²) in [5, 5.41) is 0.852. The van der Waals surface area contributed by atoms with Gasteiger partial charge in [0.05, 0.1) is 27.9 Å². The SMILES string of the molecule is CC(C)(c1ccc(OCc2ccnc(NS(C)(=O)=O)n2)cc1)c1cc(Cl)c(OCCCl)c(Cl)c1. The van der Waals surface area contributed by atoms with Crippen molar-refractivity contribution < 1.29 is 17.9 Å². The number of benzene rings is 2. The lowest BCUT2D eigenvalue weighted by molar-refractivity contribution is 0.301. The fourth-order valence-electron chi connectivity index (χ4n) is 3.18. The van der Waals surface area contributed by atoms with Crippen LogP contribution in [0.4, 0.5) is 5.95 Å². The number of nitrogens with zero attached hydrogens (tertiary/aromatic N) is 2. The van der Waals surface area contributed by atoms with Crippen molar-refractivity contribution in [3.05, 3.63) is 75.5 Å². The highest BCUT2D eigenvalue weighted by Crippen LogP contribution is 2.40. The van der Waals surface area contributed by atoms with Gasteiger partial charge in [0, 0.05) is 11.6 Å². The molecule has 0 unspecified atom stereocenters. The Kier molecular flexibility index (Phi) is 8.52. The molecule has 11 heteroatoms. The van der Waals surface area contributed by atoms with Crippen LogP contribution in [-0.2, 0) is 22.0 Å². The molecule has 2 aromatic carbocycles. The Morgan fingerprint density at radius 2 is 1.65 bits per heavy atom. The van der Waals surface area contributed by atoms with Crippen molar-refractivity contribution >= 4 is 50.8 Å². The lowest BCUT2D eigenvalue weighted by Gasteiger charge is -2.27. The second kappa shape index (κ2) is 11.0. The van der Waals surface area contributed by atoms with Gasteiger partial charge in [-0.05, 0) is 41.5 Å². The van der Waals surface area contributed by atoms with Gasteiger partial charge in [0.1, 0.15) is 19.0 Å². The molecule has 3 rings (SSSR count). The first kappa shape index (κ1) is 26.3. The smallest absolute Gasteiger partial charge is 0.236 e. The van der Waals surface area contributed by atoms with Crippen LogP contribution in [0.3, 0.4) is 0 Å². The van der Waals surface area contributed by atoms with Gasteiger partial charge in [-0.15, -0.1) is 11.6 Å². The lowest BCUT2D eigenvalue weighted by Crippen LogP contribution is -2.19. The number of halogens is 3. The molecule has 0 spiro atoms. The van der Waals surface area contributed by atoms with Crippen molar-refractivity contribution in [2.75, 3.05) is 23.5 Å². The quantitative estimate of drug-likeness (QED) is 0.330. The van der Waals surface area contributed by atoms with Crippen LogP contribution in [0.25, 0.3) is 0 Å². The van der Waals surface area contributed by atoms with Crippen molar-refractivity contribution in [2.24, 2.45) is 0 Å². The maximum atomic E-state index is 11.4. The maximum Gasteiger partial charge on any atom is 0.236 e. The van der Waals surface area contributed by atoms with E-state index in [9.17, 15) is 8.42 Å². The number of hydrogen-bond donors (Lipinski definition) is 1. The molecule has 0 saturated carbocycles. The standard InChI is InChI=1S/C23H24Cl3N3O4S/c1-23(2,16-12-19(25)21(20(26)13-16)32-11-9-24)15-4-6-18(7-5-15)33-14-17-8-10-27-22(28-17)29-34(3,30)31/h4-8,10,12-13H,9,11,14H2,1-3H3,(H,27,28,29). The predicted octanol–water partition coefficient (Wildman–Crippen LogP) is 5.68. The molecule has 182 valence electrons. The summed E-state index contributed by atoms with van der Waals surface area (Å²) < 4.78 is 36.3. The third-order valence-corrected chi connectivity index (χ3v) is 6.27. The normalized spacial score (nSPS) is 11.8. The third kappa shape index (κ3) is 6.88. The van der Waals surface area contributed by atoms with E-state index in [2.05, 4.69) is 28.5 Å². The predicted molar refractivity (Wildman–Crippen MR) is 136 cm³/mol. The molecule has 0 amide bonds. The van der Waals surface area contributed by atoms with Crippen LogP contribution >= 0.6 is 34.8 Å². The number of ether oxygens (including phenoxy) is 2. The summed E-state index contributed by atoms with van der Waals surface area (Å²) in [6.07, 6.45) is 2.50. The van der Waals surface area contributed by atoms with Crippen molar-refractivity contribution in [1.29, 1.82) is 0 Å². The monoisotopic (exact) mass is 543 g/mol.